The predicted octanol–water partition coefficient (Wildman–Crippen LogP) is 0.883. The number of ether oxygens (including phenoxy) is 4. The molecule has 0 aromatic carbocycles. The maximum Gasteiger partial charge on any atom is 0.407 e. The number of esters is 1. The first-order valence-corrected chi connectivity index (χ1v) is 6.53. The zero-order valence-electron chi connectivity index (χ0n) is 12.1. The van der Waals surface area contributed by atoms with E-state index in [0.29, 0.717) is 13.2 Å². The third-order valence-electron chi connectivity index (χ3n) is 2.07. The van der Waals surface area contributed by atoms with E-state index in [1.165, 1.54) is 0 Å². The molecule has 116 valence electrons. The molecule has 0 spiro atoms. The lowest BCUT2D eigenvalue weighted by molar-refractivity contribution is -0.137. The molecule has 1 N–H and O–H groups in total. The fourth-order valence-electron chi connectivity index (χ4n) is 1.17. The SMILES string of the molecule is C=CC(=O)OCCNC(=O)OC(COCC)COCC. The van der Waals surface area contributed by atoms with Gasteiger partial charge in [-0.25, -0.2) is 9.59 Å². The van der Waals surface area contributed by atoms with Crippen LogP contribution in [0.5, 0.6) is 0 Å². The highest BCUT2D eigenvalue weighted by Gasteiger charge is 2.14. The maximum atomic E-state index is 11.5. The second-order valence-corrected chi connectivity index (χ2v) is 3.64. The molecule has 0 unspecified atom stereocenters. The van der Waals surface area contributed by atoms with Gasteiger partial charge in [0.2, 0.25) is 0 Å². The summed E-state index contributed by atoms with van der Waals surface area (Å²) in [7, 11) is 0. The van der Waals surface area contributed by atoms with Gasteiger partial charge < -0.3 is 24.3 Å². The number of amides is 1. The van der Waals surface area contributed by atoms with Crippen LogP contribution in [0.25, 0.3) is 0 Å². The number of hydrogen-bond acceptors (Lipinski definition) is 6. The summed E-state index contributed by atoms with van der Waals surface area (Å²) >= 11 is 0. The molecule has 0 atom stereocenters. The Hall–Kier alpha value is -1.60. The summed E-state index contributed by atoms with van der Waals surface area (Å²) < 4.78 is 20.2. The van der Waals surface area contributed by atoms with E-state index in [1.807, 2.05) is 13.8 Å². The molecule has 0 saturated heterocycles. The summed E-state index contributed by atoms with van der Waals surface area (Å²) in [5, 5.41) is 2.46. The van der Waals surface area contributed by atoms with E-state index in [0.717, 1.165) is 6.08 Å². The number of alkyl carbamates (subject to hydrolysis) is 1. The molecule has 0 aliphatic carbocycles. The molecule has 0 aliphatic rings. The van der Waals surface area contributed by atoms with Gasteiger partial charge in [-0.05, 0) is 13.8 Å². The van der Waals surface area contributed by atoms with Crippen molar-refractivity contribution in [2.45, 2.75) is 20.0 Å². The van der Waals surface area contributed by atoms with Crippen molar-refractivity contribution in [2.24, 2.45) is 0 Å². The van der Waals surface area contributed by atoms with E-state index in [1.54, 1.807) is 0 Å². The molecule has 1 amide bonds. The summed E-state index contributed by atoms with van der Waals surface area (Å²) in [5.41, 5.74) is 0. The Balaban J connectivity index is 3.86. The molecule has 0 rings (SSSR count). The Morgan fingerprint density at radius 1 is 1.20 bits per heavy atom. The van der Waals surface area contributed by atoms with Gasteiger partial charge in [0.15, 0.2) is 6.10 Å². The minimum atomic E-state index is -0.607. The average Bonchev–Trinajstić information content (AvgIpc) is 2.46. The van der Waals surface area contributed by atoms with Crippen LogP contribution in [0.1, 0.15) is 13.8 Å². The number of hydrogen-bond donors (Lipinski definition) is 1. The van der Waals surface area contributed by atoms with Crippen molar-refractivity contribution >= 4 is 12.1 Å². The van der Waals surface area contributed by atoms with Gasteiger partial charge in [-0.3, -0.25) is 0 Å². The van der Waals surface area contributed by atoms with Crippen molar-refractivity contribution in [3.63, 3.8) is 0 Å². The molecule has 0 bridgehead atoms. The Kier molecular flexibility index (Phi) is 11.4. The molecule has 20 heavy (non-hydrogen) atoms. The highest BCUT2D eigenvalue weighted by atomic mass is 16.6. The third kappa shape index (κ3) is 10.3. The summed E-state index contributed by atoms with van der Waals surface area (Å²) in [6.07, 6.45) is -0.0203. The molecule has 7 heteroatoms. The Labute approximate surface area is 119 Å². The molecule has 0 aliphatic heterocycles. The lowest BCUT2D eigenvalue weighted by atomic mass is 10.4. The molecule has 0 aromatic heterocycles. The third-order valence-corrected chi connectivity index (χ3v) is 2.07. The Bertz CT molecular complexity index is 287. The highest BCUT2D eigenvalue weighted by Crippen LogP contribution is 1.96. The van der Waals surface area contributed by atoms with Crippen molar-refractivity contribution < 1.29 is 28.5 Å². The monoisotopic (exact) mass is 289 g/mol. The minimum absolute atomic E-state index is 0.0571. The molecule has 0 fully saturated rings. The van der Waals surface area contributed by atoms with E-state index in [4.69, 9.17) is 18.9 Å². The number of nitrogens with one attached hydrogen (secondary N) is 1. The summed E-state index contributed by atoms with van der Waals surface area (Å²) in [6.45, 7) is 8.79. The Morgan fingerprint density at radius 2 is 1.80 bits per heavy atom. The standard InChI is InChI=1S/C13H23NO6/c1-4-12(15)19-8-7-14-13(16)20-11(9-17-5-2)10-18-6-3/h4,11H,1,5-10H2,2-3H3,(H,14,16). The van der Waals surface area contributed by atoms with Gasteiger partial charge in [0.25, 0.3) is 0 Å². The lowest BCUT2D eigenvalue weighted by Gasteiger charge is -2.17. The zero-order valence-corrected chi connectivity index (χ0v) is 12.1. The van der Waals surface area contributed by atoms with Crippen molar-refractivity contribution in [3.8, 4) is 0 Å². The largest absolute Gasteiger partial charge is 0.461 e. The van der Waals surface area contributed by atoms with Crippen molar-refractivity contribution in [2.75, 3.05) is 39.6 Å². The van der Waals surface area contributed by atoms with Gasteiger partial charge in [0.05, 0.1) is 19.8 Å². The average molecular weight is 289 g/mol. The van der Waals surface area contributed by atoms with Crippen LogP contribution >= 0.6 is 0 Å². The van der Waals surface area contributed by atoms with Crippen LogP contribution in [-0.2, 0) is 23.7 Å². The van der Waals surface area contributed by atoms with Gasteiger partial charge in [-0.15, -0.1) is 0 Å². The van der Waals surface area contributed by atoms with Crippen LogP contribution in [0.15, 0.2) is 12.7 Å². The number of rotatable bonds is 11. The molecule has 0 saturated carbocycles. The normalized spacial score (nSPS) is 10.2. The van der Waals surface area contributed by atoms with E-state index in [2.05, 4.69) is 11.9 Å². The van der Waals surface area contributed by atoms with Crippen LogP contribution in [0.3, 0.4) is 0 Å². The molecule has 0 aromatic rings. The first kappa shape index (κ1) is 18.4. The second-order valence-electron chi connectivity index (χ2n) is 3.64. The lowest BCUT2D eigenvalue weighted by Crippen LogP contribution is -2.35. The van der Waals surface area contributed by atoms with Crippen molar-refractivity contribution in [3.05, 3.63) is 12.7 Å². The highest BCUT2D eigenvalue weighted by molar-refractivity contribution is 5.81. The van der Waals surface area contributed by atoms with Crippen LogP contribution in [0.4, 0.5) is 4.79 Å². The Morgan fingerprint density at radius 3 is 2.30 bits per heavy atom. The topological polar surface area (TPSA) is 83.1 Å². The zero-order chi connectivity index (χ0) is 15.2. The van der Waals surface area contributed by atoms with Gasteiger partial charge in [0.1, 0.15) is 6.61 Å². The van der Waals surface area contributed by atoms with Crippen LogP contribution < -0.4 is 5.32 Å². The van der Waals surface area contributed by atoms with E-state index >= 15 is 0 Å². The summed E-state index contributed by atoms with van der Waals surface area (Å²) in [5.74, 6) is -0.536. The van der Waals surface area contributed by atoms with Gasteiger partial charge in [-0.1, -0.05) is 6.58 Å². The molecule has 7 nitrogen and oxygen atoms in total. The number of carbonyl (C=O) groups is 2. The first-order valence-electron chi connectivity index (χ1n) is 6.53. The predicted molar refractivity (Wildman–Crippen MR) is 72.4 cm³/mol. The minimum Gasteiger partial charge on any atom is -0.461 e. The fourth-order valence-corrected chi connectivity index (χ4v) is 1.17. The van der Waals surface area contributed by atoms with E-state index in [9.17, 15) is 9.59 Å². The first-order chi connectivity index (χ1) is 9.63. The quantitative estimate of drug-likeness (QED) is 0.345. The summed E-state index contributed by atoms with van der Waals surface area (Å²) in [4.78, 5) is 22.2. The van der Waals surface area contributed by atoms with Gasteiger partial charge in [0, 0.05) is 19.3 Å². The van der Waals surface area contributed by atoms with Crippen LogP contribution in [0, 0.1) is 0 Å². The molecule has 0 heterocycles. The number of carbonyl (C=O) groups excluding carboxylic acids is 2. The van der Waals surface area contributed by atoms with Gasteiger partial charge >= 0.3 is 12.1 Å². The summed E-state index contributed by atoms with van der Waals surface area (Å²) in [6, 6.07) is 0. The smallest absolute Gasteiger partial charge is 0.407 e. The van der Waals surface area contributed by atoms with E-state index in [-0.39, 0.29) is 26.4 Å². The van der Waals surface area contributed by atoms with Gasteiger partial charge in [-0.2, -0.15) is 0 Å². The van der Waals surface area contributed by atoms with Crippen LogP contribution in [0.2, 0.25) is 0 Å². The fraction of sp³-hybridized carbons (Fsp3) is 0.692. The molecular formula is C13H23NO6. The van der Waals surface area contributed by atoms with Crippen LogP contribution in [-0.4, -0.2) is 57.7 Å². The second kappa shape index (κ2) is 12.4. The van der Waals surface area contributed by atoms with E-state index < -0.39 is 18.2 Å². The molecule has 0 radical (unpaired) electrons. The molecular weight excluding hydrogens is 266 g/mol. The van der Waals surface area contributed by atoms with Crippen molar-refractivity contribution in [1.29, 1.82) is 0 Å². The van der Waals surface area contributed by atoms with Crippen molar-refractivity contribution in [1.82, 2.24) is 5.32 Å². The maximum absolute atomic E-state index is 11.5.